The van der Waals surface area contributed by atoms with Crippen molar-refractivity contribution in [3.05, 3.63) is 27.2 Å². The van der Waals surface area contributed by atoms with Gasteiger partial charge >= 0.3 is 0 Å². The van der Waals surface area contributed by atoms with E-state index >= 15 is 0 Å². The highest BCUT2D eigenvalue weighted by molar-refractivity contribution is 7.80. The van der Waals surface area contributed by atoms with Gasteiger partial charge in [-0.1, -0.05) is 34.8 Å². The third-order valence-corrected chi connectivity index (χ3v) is 7.24. The molecule has 5 rings (SSSR count). The zero-order valence-electron chi connectivity index (χ0n) is 13.6. The summed E-state index contributed by atoms with van der Waals surface area (Å²) < 4.78 is 0. The maximum absolute atomic E-state index is 13.0. The first-order valence-electron chi connectivity index (χ1n) is 8.61. The average molecular weight is 418 g/mol. The van der Waals surface area contributed by atoms with Crippen molar-refractivity contribution in [1.82, 2.24) is 5.32 Å². The van der Waals surface area contributed by atoms with Crippen molar-refractivity contribution in [3.8, 4) is 0 Å². The van der Waals surface area contributed by atoms with Crippen LogP contribution in [0, 0.1) is 23.2 Å². The van der Waals surface area contributed by atoms with Crippen molar-refractivity contribution in [2.45, 2.75) is 38.5 Å². The summed E-state index contributed by atoms with van der Waals surface area (Å²) in [4.78, 5) is 13.0. The molecule has 0 saturated heterocycles. The van der Waals surface area contributed by atoms with Crippen LogP contribution in [-0.4, -0.2) is 11.0 Å². The molecule has 0 atom stereocenters. The van der Waals surface area contributed by atoms with E-state index in [1.165, 1.54) is 19.3 Å². The highest BCUT2D eigenvalue weighted by Gasteiger charge is 2.54. The SMILES string of the molecule is O=C(NC(=S)Nc1cc(Cl)c(Cl)cc1Cl)C12CC3CC(CC(C3)C1)C2. The summed E-state index contributed by atoms with van der Waals surface area (Å²) in [6.45, 7) is 0. The number of thiocarbonyl (C=S) groups is 1. The van der Waals surface area contributed by atoms with E-state index in [0.717, 1.165) is 19.3 Å². The van der Waals surface area contributed by atoms with E-state index in [-0.39, 0.29) is 16.4 Å². The number of hydrogen-bond acceptors (Lipinski definition) is 2. The Kier molecular flexibility index (Phi) is 4.68. The lowest BCUT2D eigenvalue weighted by Crippen LogP contribution is -2.55. The van der Waals surface area contributed by atoms with Crippen molar-refractivity contribution in [2.75, 3.05) is 5.32 Å². The van der Waals surface area contributed by atoms with Gasteiger partial charge < -0.3 is 10.6 Å². The number of hydrogen-bond donors (Lipinski definition) is 2. The molecular weight excluding hydrogens is 399 g/mol. The van der Waals surface area contributed by atoms with Crippen LogP contribution in [0.1, 0.15) is 38.5 Å². The zero-order chi connectivity index (χ0) is 17.8. The van der Waals surface area contributed by atoms with Crippen molar-refractivity contribution < 1.29 is 4.79 Å². The molecule has 0 aliphatic heterocycles. The van der Waals surface area contributed by atoms with Crippen LogP contribution < -0.4 is 10.6 Å². The predicted molar refractivity (Wildman–Crippen MR) is 106 cm³/mol. The summed E-state index contributed by atoms with van der Waals surface area (Å²) in [5.41, 5.74) is 0.300. The predicted octanol–water partition coefficient (Wildman–Crippen LogP) is 5.68. The number of rotatable bonds is 2. The molecule has 0 heterocycles. The van der Waals surface area contributed by atoms with Gasteiger partial charge in [0.2, 0.25) is 5.91 Å². The minimum atomic E-state index is -0.234. The van der Waals surface area contributed by atoms with Crippen LogP contribution >= 0.6 is 47.0 Å². The van der Waals surface area contributed by atoms with Crippen molar-refractivity contribution in [3.63, 3.8) is 0 Å². The minimum absolute atomic E-state index is 0.0558. The summed E-state index contributed by atoms with van der Waals surface area (Å²) in [6.07, 6.45) is 6.90. The highest BCUT2D eigenvalue weighted by atomic mass is 35.5. The van der Waals surface area contributed by atoms with Crippen molar-refractivity contribution >= 4 is 63.7 Å². The largest absolute Gasteiger partial charge is 0.331 e. The first-order chi connectivity index (χ1) is 11.8. The highest BCUT2D eigenvalue weighted by Crippen LogP contribution is 2.60. The van der Waals surface area contributed by atoms with Crippen molar-refractivity contribution in [1.29, 1.82) is 0 Å². The monoisotopic (exact) mass is 416 g/mol. The first kappa shape index (κ1) is 17.8. The fourth-order valence-electron chi connectivity index (χ4n) is 5.40. The van der Waals surface area contributed by atoms with E-state index in [0.29, 0.717) is 38.5 Å². The Balaban J connectivity index is 1.45. The third kappa shape index (κ3) is 3.39. The standard InChI is InChI=1S/C18H19Cl3N2OS/c19-12-4-14(21)15(5-13(12)20)22-17(25)23-16(24)18-6-9-1-10(7-18)3-11(2-9)8-18/h4-5,9-11H,1-3,6-8H2,(H2,22,23,24,25). The number of carbonyl (C=O) groups excluding carboxylic acids is 1. The van der Waals surface area contributed by atoms with Crippen LogP contribution in [0.2, 0.25) is 15.1 Å². The van der Waals surface area contributed by atoms with Gasteiger partial charge in [-0.2, -0.15) is 0 Å². The number of amides is 1. The van der Waals surface area contributed by atoms with Gasteiger partial charge in [0.25, 0.3) is 0 Å². The average Bonchev–Trinajstić information content (AvgIpc) is 2.51. The Bertz CT molecular complexity index is 717. The lowest BCUT2D eigenvalue weighted by atomic mass is 9.49. The second kappa shape index (κ2) is 6.56. The van der Waals surface area contributed by atoms with Crippen LogP contribution in [-0.2, 0) is 4.79 Å². The maximum Gasteiger partial charge on any atom is 0.232 e. The lowest BCUT2D eigenvalue weighted by Gasteiger charge is -2.55. The van der Waals surface area contributed by atoms with Crippen LogP contribution in [0.15, 0.2) is 12.1 Å². The molecule has 4 aliphatic rings. The van der Waals surface area contributed by atoms with Gasteiger partial charge in [0.15, 0.2) is 5.11 Å². The van der Waals surface area contributed by atoms with E-state index in [1.54, 1.807) is 12.1 Å². The zero-order valence-corrected chi connectivity index (χ0v) is 16.7. The fourth-order valence-corrected chi connectivity index (χ4v) is 6.19. The van der Waals surface area contributed by atoms with Crippen LogP contribution in [0.25, 0.3) is 0 Å². The van der Waals surface area contributed by atoms with E-state index in [9.17, 15) is 4.79 Å². The second-order valence-electron chi connectivity index (χ2n) is 7.85. The molecule has 1 aromatic rings. The van der Waals surface area contributed by atoms with Gasteiger partial charge in [0.1, 0.15) is 0 Å². The Morgan fingerprint density at radius 3 is 2.04 bits per heavy atom. The van der Waals surface area contributed by atoms with Gasteiger partial charge in [0.05, 0.1) is 26.2 Å². The van der Waals surface area contributed by atoms with Gasteiger partial charge in [-0.25, -0.2) is 0 Å². The van der Waals surface area contributed by atoms with Crippen molar-refractivity contribution in [2.24, 2.45) is 23.2 Å². The number of carbonyl (C=O) groups is 1. The molecule has 0 spiro atoms. The van der Waals surface area contributed by atoms with E-state index < -0.39 is 0 Å². The third-order valence-electron chi connectivity index (χ3n) is 6.01. The Labute approximate surface area is 167 Å². The fraction of sp³-hybridized carbons (Fsp3) is 0.556. The molecule has 3 nitrogen and oxygen atoms in total. The molecule has 7 heteroatoms. The van der Waals surface area contributed by atoms with Gasteiger partial charge in [0, 0.05) is 0 Å². The summed E-state index contributed by atoms with van der Waals surface area (Å²) in [5.74, 6) is 2.19. The van der Waals surface area contributed by atoms with Gasteiger partial charge in [-0.3, -0.25) is 4.79 Å². The number of anilines is 1. The molecule has 4 bridgehead atoms. The summed E-state index contributed by atoms with van der Waals surface area (Å²) in [5, 5.41) is 7.27. The minimum Gasteiger partial charge on any atom is -0.331 e. The quantitative estimate of drug-likeness (QED) is 0.481. The molecule has 1 aromatic carbocycles. The molecule has 2 N–H and O–H groups in total. The molecule has 1 amide bonds. The molecule has 0 unspecified atom stereocenters. The number of benzene rings is 1. The molecule has 4 saturated carbocycles. The Morgan fingerprint density at radius 1 is 0.960 bits per heavy atom. The van der Waals surface area contributed by atoms with E-state index in [4.69, 9.17) is 47.0 Å². The Hall–Kier alpha value is -0.550. The number of halogens is 3. The van der Waals surface area contributed by atoms with Gasteiger partial charge in [-0.15, -0.1) is 0 Å². The molecule has 134 valence electrons. The molecule has 0 radical (unpaired) electrons. The number of nitrogens with one attached hydrogen (secondary N) is 2. The second-order valence-corrected chi connectivity index (χ2v) is 9.48. The van der Waals surface area contributed by atoms with Crippen LogP contribution in [0.3, 0.4) is 0 Å². The maximum atomic E-state index is 13.0. The Morgan fingerprint density at radius 2 is 1.48 bits per heavy atom. The summed E-state index contributed by atoms with van der Waals surface area (Å²) in [7, 11) is 0. The van der Waals surface area contributed by atoms with Gasteiger partial charge in [-0.05, 0) is 80.6 Å². The summed E-state index contributed by atoms with van der Waals surface area (Å²) in [6, 6.07) is 3.16. The van der Waals surface area contributed by atoms with Crippen LogP contribution in [0.5, 0.6) is 0 Å². The molecule has 0 aromatic heterocycles. The van der Waals surface area contributed by atoms with E-state index in [1.807, 2.05) is 0 Å². The topological polar surface area (TPSA) is 41.1 Å². The molecule has 4 fully saturated rings. The smallest absolute Gasteiger partial charge is 0.232 e. The summed E-state index contributed by atoms with van der Waals surface area (Å²) >= 11 is 23.4. The molecule has 4 aliphatic carbocycles. The lowest BCUT2D eigenvalue weighted by molar-refractivity contribution is -0.144. The van der Waals surface area contributed by atoms with E-state index in [2.05, 4.69) is 10.6 Å². The molecular formula is C18H19Cl3N2OS. The first-order valence-corrected chi connectivity index (χ1v) is 10.2. The molecule has 25 heavy (non-hydrogen) atoms. The normalized spacial score (nSPS) is 32.5. The van der Waals surface area contributed by atoms with Crippen LogP contribution in [0.4, 0.5) is 5.69 Å².